The summed E-state index contributed by atoms with van der Waals surface area (Å²) < 4.78 is 32.5. The van der Waals surface area contributed by atoms with Gasteiger partial charge in [0.15, 0.2) is 0 Å². The first-order chi connectivity index (χ1) is 12.2. The van der Waals surface area contributed by atoms with Crippen LogP contribution in [0.2, 0.25) is 0 Å². The normalized spacial score (nSPS) is 11.5. The molecule has 8 heteroatoms. The Bertz CT molecular complexity index is 1140. The lowest BCUT2D eigenvalue weighted by molar-refractivity contribution is 0.102. The van der Waals surface area contributed by atoms with Gasteiger partial charge >= 0.3 is 0 Å². The van der Waals surface area contributed by atoms with Gasteiger partial charge in [-0.1, -0.05) is 30.3 Å². The van der Waals surface area contributed by atoms with Crippen molar-refractivity contribution in [2.45, 2.75) is 11.8 Å². The van der Waals surface area contributed by atoms with Crippen LogP contribution in [0.25, 0.3) is 10.8 Å². The van der Waals surface area contributed by atoms with Crippen molar-refractivity contribution in [3.63, 3.8) is 0 Å². The number of phenolic OH excluding ortho intramolecular Hbond substituents is 1. The summed E-state index contributed by atoms with van der Waals surface area (Å²) in [7, 11) is -4.69. The van der Waals surface area contributed by atoms with Gasteiger partial charge in [0.1, 0.15) is 10.6 Å². The van der Waals surface area contributed by atoms with Gasteiger partial charge in [-0.15, -0.1) is 0 Å². The molecule has 134 valence electrons. The van der Waals surface area contributed by atoms with Crippen molar-refractivity contribution in [3.05, 3.63) is 59.7 Å². The summed E-state index contributed by atoms with van der Waals surface area (Å²) in [5.74, 6) is -1.13. The second-order valence-corrected chi connectivity index (χ2v) is 7.23. The van der Waals surface area contributed by atoms with Crippen LogP contribution < -0.4 is 11.1 Å². The molecule has 1 amide bonds. The number of amides is 1. The van der Waals surface area contributed by atoms with Crippen molar-refractivity contribution in [1.82, 2.24) is 0 Å². The number of aromatic hydroxyl groups is 1. The maximum absolute atomic E-state index is 12.6. The van der Waals surface area contributed by atoms with E-state index in [0.717, 1.165) is 11.6 Å². The number of carbonyl (C=O) groups excluding carboxylic acids is 1. The third kappa shape index (κ3) is 3.19. The SMILES string of the molecule is Cc1ccc(C(=O)Nc2cc(S(=O)(=O)O)c(O)c3ccccc23)c(N)c1. The molecule has 5 N–H and O–H groups in total. The van der Waals surface area contributed by atoms with Crippen molar-refractivity contribution in [2.75, 3.05) is 11.1 Å². The number of nitrogen functional groups attached to an aromatic ring is 1. The second kappa shape index (κ2) is 6.32. The predicted octanol–water partition coefficient (Wildman–Crippen LogP) is 2.94. The number of phenols is 1. The first-order valence-corrected chi connectivity index (χ1v) is 9.02. The lowest BCUT2D eigenvalue weighted by Gasteiger charge is -2.13. The predicted molar refractivity (Wildman–Crippen MR) is 99.0 cm³/mol. The van der Waals surface area contributed by atoms with Crippen molar-refractivity contribution in [1.29, 1.82) is 0 Å². The standard InChI is InChI=1S/C18H16N2O5S/c1-10-6-7-13(14(19)8-10)18(22)20-15-9-16(26(23,24)25)17(21)12-5-3-2-4-11(12)15/h2-9,21H,19H2,1H3,(H,20,22)(H,23,24,25). The summed E-state index contributed by atoms with van der Waals surface area (Å²) in [4.78, 5) is 11.9. The molecule has 0 aliphatic carbocycles. The maximum Gasteiger partial charge on any atom is 0.298 e. The van der Waals surface area contributed by atoms with E-state index >= 15 is 0 Å². The van der Waals surface area contributed by atoms with Gasteiger partial charge in [0.2, 0.25) is 0 Å². The van der Waals surface area contributed by atoms with Crippen LogP contribution in [0.15, 0.2) is 53.4 Å². The van der Waals surface area contributed by atoms with E-state index in [4.69, 9.17) is 5.73 Å². The molecular formula is C18H16N2O5S. The van der Waals surface area contributed by atoms with Crippen LogP contribution in [-0.4, -0.2) is 24.0 Å². The minimum Gasteiger partial charge on any atom is -0.506 e. The van der Waals surface area contributed by atoms with E-state index in [-0.39, 0.29) is 22.3 Å². The van der Waals surface area contributed by atoms with E-state index in [1.54, 1.807) is 36.4 Å². The number of aryl methyl sites for hydroxylation is 1. The molecule has 0 aromatic heterocycles. The van der Waals surface area contributed by atoms with Crippen LogP contribution >= 0.6 is 0 Å². The number of nitrogens with two attached hydrogens (primary N) is 1. The fourth-order valence-corrected chi connectivity index (χ4v) is 3.33. The van der Waals surface area contributed by atoms with E-state index in [1.165, 1.54) is 6.07 Å². The topological polar surface area (TPSA) is 130 Å². The quantitative estimate of drug-likeness (QED) is 0.318. The van der Waals surface area contributed by atoms with Crippen LogP contribution in [0.4, 0.5) is 11.4 Å². The number of anilines is 2. The number of nitrogens with one attached hydrogen (secondary N) is 1. The van der Waals surface area contributed by atoms with Crippen LogP contribution in [0.3, 0.4) is 0 Å². The summed E-state index contributed by atoms with van der Waals surface area (Å²) in [6, 6.07) is 12.3. The number of benzene rings is 3. The molecule has 26 heavy (non-hydrogen) atoms. The van der Waals surface area contributed by atoms with Gasteiger partial charge in [-0.25, -0.2) is 0 Å². The lowest BCUT2D eigenvalue weighted by atomic mass is 10.1. The highest BCUT2D eigenvalue weighted by atomic mass is 32.2. The lowest BCUT2D eigenvalue weighted by Crippen LogP contribution is -2.15. The Hall–Kier alpha value is -3.10. The van der Waals surface area contributed by atoms with Gasteiger partial charge in [-0.2, -0.15) is 8.42 Å². The fourth-order valence-electron chi connectivity index (χ4n) is 2.71. The van der Waals surface area contributed by atoms with Crippen molar-refractivity contribution in [3.8, 4) is 5.75 Å². The Morgan fingerprint density at radius 2 is 1.73 bits per heavy atom. The third-order valence-corrected chi connectivity index (χ3v) is 4.83. The Morgan fingerprint density at radius 3 is 2.35 bits per heavy atom. The van der Waals surface area contributed by atoms with Crippen LogP contribution in [0.1, 0.15) is 15.9 Å². The molecule has 0 unspecified atom stereocenters. The molecule has 3 aromatic rings. The molecule has 0 bridgehead atoms. The Balaban J connectivity index is 2.15. The van der Waals surface area contributed by atoms with Crippen LogP contribution in [0.5, 0.6) is 5.75 Å². The molecule has 0 spiro atoms. The smallest absolute Gasteiger partial charge is 0.298 e. The molecule has 0 saturated heterocycles. The summed E-state index contributed by atoms with van der Waals surface area (Å²) in [5.41, 5.74) is 7.39. The van der Waals surface area contributed by atoms with Crippen LogP contribution in [0, 0.1) is 6.92 Å². The summed E-state index contributed by atoms with van der Waals surface area (Å²) in [6.07, 6.45) is 0. The van der Waals surface area contributed by atoms with Gasteiger partial charge in [0.05, 0.1) is 11.3 Å². The van der Waals surface area contributed by atoms with Gasteiger partial charge in [-0.3, -0.25) is 9.35 Å². The van der Waals surface area contributed by atoms with E-state index in [0.29, 0.717) is 5.39 Å². The van der Waals surface area contributed by atoms with E-state index in [1.807, 2.05) is 6.92 Å². The molecular weight excluding hydrogens is 356 g/mol. The summed E-state index contributed by atoms with van der Waals surface area (Å²) in [6.45, 7) is 1.84. The van der Waals surface area contributed by atoms with Gasteiger partial charge in [0, 0.05) is 16.5 Å². The third-order valence-electron chi connectivity index (χ3n) is 3.96. The van der Waals surface area contributed by atoms with E-state index in [9.17, 15) is 22.9 Å². The van der Waals surface area contributed by atoms with Crippen molar-refractivity contribution in [2.24, 2.45) is 0 Å². The molecule has 3 aromatic carbocycles. The Morgan fingerprint density at radius 1 is 1.08 bits per heavy atom. The van der Waals surface area contributed by atoms with Gasteiger partial charge in [0.25, 0.3) is 16.0 Å². The zero-order valence-corrected chi connectivity index (χ0v) is 14.5. The zero-order chi connectivity index (χ0) is 19.1. The minimum atomic E-state index is -4.69. The maximum atomic E-state index is 12.6. The van der Waals surface area contributed by atoms with Crippen LogP contribution in [-0.2, 0) is 10.1 Å². The monoisotopic (exact) mass is 372 g/mol. The molecule has 0 atom stereocenters. The number of carbonyl (C=O) groups is 1. The number of rotatable bonds is 3. The molecule has 0 aliphatic rings. The van der Waals surface area contributed by atoms with Crippen molar-refractivity contribution < 1.29 is 22.9 Å². The fraction of sp³-hybridized carbons (Fsp3) is 0.0556. The highest BCUT2D eigenvalue weighted by Crippen LogP contribution is 2.37. The first kappa shape index (κ1) is 17.7. The molecule has 0 aliphatic heterocycles. The summed E-state index contributed by atoms with van der Waals surface area (Å²) >= 11 is 0. The molecule has 0 heterocycles. The molecule has 0 saturated carbocycles. The highest BCUT2D eigenvalue weighted by molar-refractivity contribution is 7.86. The Labute approximate surface area is 149 Å². The summed E-state index contributed by atoms with van der Waals surface area (Å²) in [5, 5.41) is 13.3. The second-order valence-electron chi connectivity index (χ2n) is 5.84. The molecule has 0 radical (unpaired) electrons. The number of fused-ring (bicyclic) bond motifs is 1. The molecule has 7 nitrogen and oxygen atoms in total. The van der Waals surface area contributed by atoms with Crippen molar-refractivity contribution >= 4 is 38.2 Å². The largest absolute Gasteiger partial charge is 0.506 e. The molecule has 3 rings (SSSR count). The van der Waals surface area contributed by atoms with Gasteiger partial charge in [-0.05, 0) is 30.7 Å². The average Bonchev–Trinajstić information content (AvgIpc) is 2.56. The first-order valence-electron chi connectivity index (χ1n) is 7.58. The van der Waals surface area contributed by atoms with Gasteiger partial charge < -0.3 is 16.2 Å². The number of hydrogen-bond donors (Lipinski definition) is 4. The zero-order valence-electron chi connectivity index (χ0n) is 13.7. The average molecular weight is 372 g/mol. The Kier molecular flexibility index (Phi) is 4.31. The minimum absolute atomic E-state index is 0.121. The van der Waals surface area contributed by atoms with E-state index in [2.05, 4.69) is 5.32 Å². The van der Waals surface area contributed by atoms with E-state index < -0.39 is 26.7 Å². The number of hydrogen-bond acceptors (Lipinski definition) is 5. The molecule has 0 fully saturated rings. The highest BCUT2D eigenvalue weighted by Gasteiger charge is 2.21.